The Hall–Kier alpha value is -2.64. The summed E-state index contributed by atoms with van der Waals surface area (Å²) < 4.78 is 5.33. The molecule has 0 aliphatic carbocycles. The van der Waals surface area contributed by atoms with Crippen molar-refractivity contribution in [3.63, 3.8) is 0 Å². The maximum atomic E-state index is 12.5. The van der Waals surface area contributed by atoms with Gasteiger partial charge in [0.15, 0.2) is 0 Å². The van der Waals surface area contributed by atoms with E-state index in [1.807, 2.05) is 30.3 Å². The number of nitrogens with one attached hydrogen (secondary N) is 3. The van der Waals surface area contributed by atoms with E-state index in [-0.39, 0.29) is 6.61 Å². The van der Waals surface area contributed by atoms with Gasteiger partial charge < -0.3 is 15.4 Å². The molecule has 0 aromatic heterocycles. The molecule has 0 spiro atoms. The van der Waals surface area contributed by atoms with Crippen molar-refractivity contribution in [2.45, 2.75) is 12.5 Å². The molecule has 6 nitrogen and oxygen atoms in total. The van der Waals surface area contributed by atoms with Crippen LogP contribution in [-0.4, -0.2) is 24.8 Å². The zero-order valence-corrected chi connectivity index (χ0v) is 20.1. The molecule has 33 heavy (non-hydrogen) atoms. The Balaban J connectivity index is 1.61. The second-order valence-electron chi connectivity index (χ2n) is 6.97. The largest absolute Gasteiger partial charge is 0.447 e. The van der Waals surface area contributed by atoms with Crippen LogP contribution in [0.15, 0.2) is 66.7 Å². The molecule has 3 aromatic rings. The second-order valence-corrected chi connectivity index (χ2v) is 8.60. The number of anilines is 2. The van der Waals surface area contributed by atoms with E-state index in [9.17, 15) is 9.59 Å². The molecule has 3 amide bonds. The third kappa shape index (κ3) is 8.02. The van der Waals surface area contributed by atoms with Gasteiger partial charge in [-0.2, -0.15) is 0 Å². The molecule has 0 unspecified atom stereocenters. The maximum Gasteiger partial charge on any atom is 0.411 e. The molecular weight excluding hydrogens is 508 g/mol. The first-order valence-electron chi connectivity index (χ1n) is 9.75. The van der Waals surface area contributed by atoms with Gasteiger partial charge in [-0.15, -0.1) is 0 Å². The van der Waals surface area contributed by atoms with E-state index in [4.69, 9.17) is 51.1 Å². The molecular formula is C23H19Cl4N3O3. The van der Waals surface area contributed by atoms with Crippen LogP contribution >= 0.6 is 46.4 Å². The van der Waals surface area contributed by atoms with Crippen LogP contribution < -0.4 is 16.0 Å². The zero-order valence-electron chi connectivity index (χ0n) is 17.1. The Kier molecular flexibility index (Phi) is 9.09. The molecule has 3 rings (SSSR count). The molecule has 3 N–H and O–H groups in total. The van der Waals surface area contributed by atoms with E-state index in [2.05, 4.69) is 16.0 Å². The second kappa shape index (κ2) is 12.0. The summed E-state index contributed by atoms with van der Waals surface area (Å²) in [5.41, 5.74) is 1.86. The van der Waals surface area contributed by atoms with Crippen molar-refractivity contribution in [3.8, 4) is 0 Å². The fourth-order valence-corrected chi connectivity index (χ4v) is 3.48. The lowest BCUT2D eigenvalue weighted by atomic mass is 10.1. The van der Waals surface area contributed by atoms with Crippen molar-refractivity contribution >= 4 is 69.9 Å². The third-order valence-corrected chi connectivity index (χ3v) is 5.90. The number of amides is 3. The number of benzene rings is 3. The van der Waals surface area contributed by atoms with E-state index in [0.29, 0.717) is 37.9 Å². The average molecular weight is 527 g/mol. The van der Waals surface area contributed by atoms with E-state index in [1.165, 1.54) is 12.1 Å². The van der Waals surface area contributed by atoms with Gasteiger partial charge >= 0.3 is 12.1 Å². The van der Waals surface area contributed by atoms with Crippen LogP contribution in [0.3, 0.4) is 0 Å². The molecule has 0 saturated carbocycles. The van der Waals surface area contributed by atoms with Gasteiger partial charge in [0.25, 0.3) is 0 Å². The van der Waals surface area contributed by atoms with Crippen LogP contribution in [-0.2, 0) is 11.2 Å². The lowest BCUT2D eigenvalue weighted by Gasteiger charge is -2.20. The highest BCUT2D eigenvalue weighted by atomic mass is 35.5. The summed E-state index contributed by atoms with van der Waals surface area (Å²) in [5.74, 6) is 0. The lowest BCUT2D eigenvalue weighted by molar-refractivity contribution is 0.148. The Labute approximate surface area is 211 Å². The van der Waals surface area contributed by atoms with Crippen molar-refractivity contribution in [2.24, 2.45) is 0 Å². The first-order chi connectivity index (χ1) is 15.8. The molecule has 0 saturated heterocycles. The van der Waals surface area contributed by atoms with Gasteiger partial charge in [0, 0.05) is 11.4 Å². The molecule has 172 valence electrons. The van der Waals surface area contributed by atoms with E-state index >= 15 is 0 Å². The van der Waals surface area contributed by atoms with Crippen molar-refractivity contribution in [1.29, 1.82) is 0 Å². The summed E-state index contributed by atoms with van der Waals surface area (Å²) >= 11 is 23.8. The Bertz CT molecular complexity index is 1130. The molecule has 0 fully saturated rings. The normalized spacial score (nSPS) is 11.4. The van der Waals surface area contributed by atoms with Crippen molar-refractivity contribution in [1.82, 2.24) is 5.32 Å². The fraction of sp³-hybridized carbons (Fsp3) is 0.130. The highest BCUT2D eigenvalue weighted by Crippen LogP contribution is 2.26. The molecule has 0 heterocycles. The summed E-state index contributed by atoms with van der Waals surface area (Å²) in [6, 6.07) is 17.9. The monoisotopic (exact) mass is 525 g/mol. The fourth-order valence-electron chi connectivity index (χ4n) is 2.88. The van der Waals surface area contributed by atoms with Crippen LogP contribution in [0.25, 0.3) is 0 Å². The molecule has 0 bridgehead atoms. The van der Waals surface area contributed by atoms with E-state index < -0.39 is 18.2 Å². The van der Waals surface area contributed by atoms with Gasteiger partial charge in [-0.3, -0.25) is 5.32 Å². The smallest absolute Gasteiger partial charge is 0.411 e. The highest BCUT2D eigenvalue weighted by molar-refractivity contribution is 6.42. The number of hydrogen-bond donors (Lipinski definition) is 3. The average Bonchev–Trinajstić information content (AvgIpc) is 2.78. The predicted molar refractivity (Wildman–Crippen MR) is 134 cm³/mol. The summed E-state index contributed by atoms with van der Waals surface area (Å²) in [7, 11) is 0. The van der Waals surface area contributed by atoms with Gasteiger partial charge in [0.1, 0.15) is 6.61 Å². The Morgan fingerprint density at radius 3 is 1.91 bits per heavy atom. The summed E-state index contributed by atoms with van der Waals surface area (Å²) in [5, 5.41) is 9.45. The van der Waals surface area contributed by atoms with Crippen LogP contribution in [0.1, 0.15) is 5.56 Å². The number of urea groups is 1. The molecule has 1 atom stereocenters. The minimum atomic E-state index is -0.696. The van der Waals surface area contributed by atoms with Gasteiger partial charge in [-0.05, 0) is 48.4 Å². The van der Waals surface area contributed by atoms with E-state index in [0.717, 1.165) is 5.56 Å². The SMILES string of the molecule is O=C(Nc1ccc(Cl)c(Cl)c1)N[C@H](COC(=O)Nc1ccc(Cl)c(Cl)c1)Cc1ccccc1. The van der Waals surface area contributed by atoms with Crippen molar-refractivity contribution in [3.05, 3.63) is 92.4 Å². The Morgan fingerprint density at radius 2 is 1.33 bits per heavy atom. The zero-order chi connectivity index (χ0) is 23.8. The summed E-state index contributed by atoms with van der Waals surface area (Å²) in [6.07, 6.45) is -0.256. The molecule has 10 heteroatoms. The number of ether oxygens (including phenoxy) is 1. The van der Waals surface area contributed by atoms with Crippen LogP contribution in [0, 0.1) is 0 Å². The van der Waals surface area contributed by atoms with Crippen LogP contribution in [0.5, 0.6) is 0 Å². The first-order valence-corrected chi connectivity index (χ1v) is 11.3. The van der Waals surface area contributed by atoms with Gasteiger partial charge in [-0.25, -0.2) is 9.59 Å². The molecule has 0 aliphatic heterocycles. The third-order valence-electron chi connectivity index (χ3n) is 4.42. The molecule has 0 radical (unpaired) electrons. The minimum Gasteiger partial charge on any atom is -0.447 e. The van der Waals surface area contributed by atoms with Crippen molar-refractivity contribution < 1.29 is 14.3 Å². The highest BCUT2D eigenvalue weighted by Gasteiger charge is 2.17. The van der Waals surface area contributed by atoms with Gasteiger partial charge in [0.05, 0.1) is 26.1 Å². The minimum absolute atomic E-state index is 0.0726. The van der Waals surface area contributed by atoms with Gasteiger partial charge in [0.2, 0.25) is 0 Å². The predicted octanol–water partition coefficient (Wildman–Crippen LogP) is 7.28. The summed E-state index contributed by atoms with van der Waals surface area (Å²) in [6.45, 7) is -0.0726. The number of hydrogen-bond acceptors (Lipinski definition) is 3. The number of carbonyl (C=O) groups is 2. The number of halogens is 4. The van der Waals surface area contributed by atoms with Gasteiger partial charge in [-0.1, -0.05) is 76.7 Å². The summed E-state index contributed by atoms with van der Waals surface area (Å²) in [4.78, 5) is 24.8. The number of rotatable bonds is 7. The molecule has 0 aliphatic rings. The molecule has 3 aromatic carbocycles. The maximum absolute atomic E-state index is 12.5. The lowest BCUT2D eigenvalue weighted by Crippen LogP contribution is -2.43. The number of carbonyl (C=O) groups excluding carboxylic acids is 2. The Morgan fingerprint density at radius 1 is 0.758 bits per heavy atom. The van der Waals surface area contributed by atoms with E-state index in [1.54, 1.807) is 24.3 Å². The topological polar surface area (TPSA) is 79.5 Å². The first kappa shape index (κ1) is 25.0. The van der Waals surface area contributed by atoms with Crippen molar-refractivity contribution in [2.75, 3.05) is 17.2 Å². The quantitative estimate of drug-likeness (QED) is 0.302. The standard InChI is InChI=1S/C23H19Cl4N3O3/c24-18-8-6-15(11-20(18)26)28-22(31)29-17(10-14-4-2-1-3-5-14)13-33-23(32)30-16-7-9-19(25)21(27)12-16/h1-9,11-12,17H,10,13H2,(H,30,32)(H2,28,29,31)/t17-/m0/s1. The van der Waals surface area contributed by atoms with Crippen LogP contribution in [0.2, 0.25) is 20.1 Å². The van der Waals surface area contributed by atoms with Crippen LogP contribution in [0.4, 0.5) is 21.0 Å².